The Morgan fingerprint density at radius 2 is 2.19 bits per heavy atom. The fourth-order valence-corrected chi connectivity index (χ4v) is 2.57. The third kappa shape index (κ3) is 2.80. The maximum atomic E-state index is 5.64. The van der Waals surface area contributed by atoms with Gasteiger partial charge in [-0.25, -0.2) is 0 Å². The molecule has 1 unspecified atom stereocenters. The van der Waals surface area contributed by atoms with Crippen LogP contribution in [0.25, 0.3) is 0 Å². The van der Waals surface area contributed by atoms with E-state index in [1.54, 1.807) is 0 Å². The van der Waals surface area contributed by atoms with Gasteiger partial charge in [0.2, 0.25) is 0 Å². The first-order chi connectivity index (χ1) is 7.79. The van der Waals surface area contributed by atoms with Gasteiger partial charge < -0.3 is 0 Å². The summed E-state index contributed by atoms with van der Waals surface area (Å²) < 4.78 is 0. The van der Waals surface area contributed by atoms with Crippen molar-refractivity contribution >= 4 is 0 Å². The Hall–Kier alpha value is -0.930. The van der Waals surface area contributed by atoms with Crippen LogP contribution in [0.2, 0.25) is 0 Å². The highest BCUT2D eigenvalue weighted by Gasteiger charge is 2.20. The minimum absolute atomic E-state index is 0.260. The van der Waals surface area contributed by atoms with Crippen molar-refractivity contribution in [3.05, 3.63) is 29.6 Å². The van der Waals surface area contributed by atoms with Crippen molar-refractivity contribution in [2.45, 2.75) is 45.1 Å². The van der Waals surface area contributed by atoms with E-state index in [-0.39, 0.29) is 6.04 Å². The summed E-state index contributed by atoms with van der Waals surface area (Å²) >= 11 is 0. The molecule has 3 heteroatoms. The summed E-state index contributed by atoms with van der Waals surface area (Å²) in [7, 11) is 0. The second-order valence-electron chi connectivity index (χ2n) is 4.84. The fourth-order valence-electron chi connectivity index (χ4n) is 2.57. The van der Waals surface area contributed by atoms with E-state index in [9.17, 15) is 0 Å². The van der Waals surface area contributed by atoms with Crippen molar-refractivity contribution in [3.63, 3.8) is 0 Å². The summed E-state index contributed by atoms with van der Waals surface area (Å²) in [6, 6.07) is 4.44. The molecule has 1 aliphatic rings. The predicted octanol–water partition coefficient (Wildman–Crippen LogP) is 2.47. The first kappa shape index (κ1) is 11.6. The van der Waals surface area contributed by atoms with Crippen molar-refractivity contribution in [2.24, 2.45) is 11.8 Å². The number of aryl methyl sites for hydroxylation is 1. The number of rotatable bonds is 4. The van der Waals surface area contributed by atoms with Crippen LogP contribution >= 0.6 is 0 Å². The summed E-state index contributed by atoms with van der Waals surface area (Å²) in [5.41, 5.74) is 5.19. The average Bonchev–Trinajstić information content (AvgIpc) is 2.80. The molecular weight excluding hydrogens is 198 g/mol. The monoisotopic (exact) mass is 219 g/mol. The van der Waals surface area contributed by atoms with Crippen molar-refractivity contribution in [1.82, 2.24) is 10.4 Å². The van der Waals surface area contributed by atoms with Crippen molar-refractivity contribution < 1.29 is 0 Å². The Balaban J connectivity index is 2.00. The van der Waals surface area contributed by atoms with Gasteiger partial charge in [0.15, 0.2) is 0 Å². The van der Waals surface area contributed by atoms with Crippen LogP contribution in [-0.4, -0.2) is 4.98 Å². The lowest BCUT2D eigenvalue weighted by molar-refractivity contribution is 0.399. The van der Waals surface area contributed by atoms with E-state index in [2.05, 4.69) is 16.5 Å². The van der Waals surface area contributed by atoms with Crippen LogP contribution in [0, 0.1) is 12.8 Å². The number of nitrogens with one attached hydrogen (secondary N) is 1. The van der Waals surface area contributed by atoms with E-state index in [4.69, 9.17) is 5.84 Å². The second-order valence-corrected chi connectivity index (χ2v) is 4.84. The van der Waals surface area contributed by atoms with Gasteiger partial charge in [-0.05, 0) is 30.9 Å². The molecule has 0 radical (unpaired) electrons. The summed E-state index contributed by atoms with van der Waals surface area (Å²) in [4.78, 5) is 4.33. The highest BCUT2D eigenvalue weighted by molar-refractivity contribution is 5.17. The zero-order valence-electron chi connectivity index (χ0n) is 9.95. The molecule has 1 aromatic heterocycles. The van der Waals surface area contributed by atoms with Gasteiger partial charge in [-0.1, -0.05) is 31.7 Å². The van der Waals surface area contributed by atoms with Crippen LogP contribution in [0.5, 0.6) is 0 Å². The molecule has 0 aliphatic heterocycles. The SMILES string of the molecule is Cc1ccc(C(CC2CCCC2)NN)cn1. The first-order valence-corrected chi connectivity index (χ1v) is 6.18. The Morgan fingerprint density at radius 3 is 2.75 bits per heavy atom. The van der Waals surface area contributed by atoms with E-state index < -0.39 is 0 Å². The van der Waals surface area contributed by atoms with E-state index in [1.165, 1.54) is 31.2 Å². The largest absolute Gasteiger partial charge is 0.271 e. The minimum atomic E-state index is 0.260. The van der Waals surface area contributed by atoms with Crippen molar-refractivity contribution in [3.8, 4) is 0 Å². The third-order valence-electron chi connectivity index (χ3n) is 3.58. The van der Waals surface area contributed by atoms with Gasteiger partial charge in [0.05, 0.1) is 0 Å². The van der Waals surface area contributed by atoms with Crippen LogP contribution < -0.4 is 11.3 Å². The lowest BCUT2D eigenvalue weighted by atomic mass is 9.95. The summed E-state index contributed by atoms with van der Waals surface area (Å²) in [6.07, 6.45) is 8.56. The summed E-state index contributed by atoms with van der Waals surface area (Å²) in [5, 5.41) is 0. The average molecular weight is 219 g/mol. The smallest absolute Gasteiger partial charge is 0.0477 e. The Kier molecular flexibility index (Phi) is 3.91. The second kappa shape index (κ2) is 5.41. The summed E-state index contributed by atoms with van der Waals surface area (Å²) in [6.45, 7) is 2.01. The molecule has 0 amide bonds. The molecule has 16 heavy (non-hydrogen) atoms. The summed E-state index contributed by atoms with van der Waals surface area (Å²) in [5.74, 6) is 6.48. The molecule has 1 aromatic rings. The Morgan fingerprint density at radius 1 is 1.44 bits per heavy atom. The Bertz CT molecular complexity index is 314. The minimum Gasteiger partial charge on any atom is -0.271 e. The van der Waals surface area contributed by atoms with Crippen LogP contribution in [0.4, 0.5) is 0 Å². The third-order valence-corrected chi connectivity index (χ3v) is 3.58. The molecule has 1 saturated carbocycles. The lowest BCUT2D eigenvalue weighted by Gasteiger charge is -2.19. The van der Waals surface area contributed by atoms with Crippen molar-refractivity contribution in [2.75, 3.05) is 0 Å². The molecule has 1 heterocycles. The van der Waals surface area contributed by atoms with Gasteiger partial charge in [0.25, 0.3) is 0 Å². The van der Waals surface area contributed by atoms with E-state index in [0.29, 0.717) is 0 Å². The molecule has 2 rings (SSSR count). The van der Waals surface area contributed by atoms with Gasteiger partial charge in [-0.15, -0.1) is 0 Å². The lowest BCUT2D eigenvalue weighted by Crippen LogP contribution is -2.29. The fraction of sp³-hybridized carbons (Fsp3) is 0.615. The zero-order chi connectivity index (χ0) is 11.4. The molecule has 0 spiro atoms. The van der Waals surface area contributed by atoms with Gasteiger partial charge in [0.1, 0.15) is 0 Å². The van der Waals surface area contributed by atoms with Crippen LogP contribution in [0.1, 0.15) is 49.4 Å². The molecule has 88 valence electrons. The maximum Gasteiger partial charge on any atom is 0.0477 e. The molecule has 3 nitrogen and oxygen atoms in total. The molecule has 0 aromatic carbocycles. The molecule has 3 N–H and O–H groups in total. The standard InChI is InChI=1S/C13H21N3/c1-10-6-7-12(9-15-10)13(16-14)8-11-4-2-3-5-11/h6-7,9,11,13,16H,2-5,8,14H2,1H3. The molecule has 0 bridgehead atoms. The number of hydrogen-bond donors (Lipinski definition) is 2. The number of hydrogen-bond acceptors (Lipinski definition) is 3. The molecule has 1 atom stereocenters. The highest BCUT2D eigenvalue weighted by atomic mass is 15.2. The number of nitrogens with two attached hydrogens (primary N) is 1. The number of pyridine rings is 1. The molecule has 1 fully saturated rings. The van der Waals surface area contributed by atoms with E-state index in [0.717, 1.165) is 18.0 Å². The van der Waals surface area contributed by atoms with Crippen LogP contribution in [0.3, 0.4) is 0 Å². The molecule has 0 saturated heterocycles. The van der Waals surface area contributed by atoms with Crippen molar-refractivity contribution in [1.29, 1.82) is 0 Å². The van der Waals surface area contributed by atoms with Gasteiger partial charge in [-0.2, -0.15) is 0 Å². The number of hydrazine groups is 1. The van der Waals surface area contributed by atoms with E-state index >= 15 is 0 Å². The van der Waals surface area contributed by atoms with Crippen LogP contribution in [0.15, 0.2) is 18.3 Å². The van der Waals surface area contributed by atoms with Gasteiger partial charge in [-0.3, -0.25) is 16.3 Å². The maximum absolute atomic E-state index is 5.64. The predicted molar refractivity (Wildman–Crippen MR) is 65.6 cm³/mol. The first-order valence-electron chi connectivity index (χ1n) is 6.18. The number of nitrogens with zero attached hydrogens (tertiary/aromatic N) is 1. The molecule has 1 aliphatic carbocycles. The van der Waals surface area contributed by atoms with Crippen LogP contribution in [-0.2, 0) is 0 Å². The topological polar surface area (TPSA) is 50.9 Å². The Labute approximate surface area is 97.4 Å². The van der Waals surface area contributed by atoms with Gasteiger partial charge >= 0.3 is 0 Å². The number of aromatic nitrogens is 1. The quantitative estimate of drug-likeness (QED) is 0.604. The highest BCUT2D eigenvalue weighted by Crippen LogP contribution is 2.32. The normalized spacial score (nSPS) is 18.9. The molecular formula is C13H21N3. The van der Waals surface area contributed by atoms with E-state index in [1.807, 2.05) is 19.2 Å². The van der Waals surface area contributed by atoms with Gasteiger partial charge in [0, 0.05) is 17.9 Å². The zero-order valence-corrected chi connectivity index (χ0v) is 9.95.